The Bertz CT molecular complexity index is 1570. The molecule has 0 amide bonds. The predicted molar refractivity (Wildman–Crippen MR) is 135 cm³/mol. The van der Waals surface area contributed by atoms with E-state index in [0.717, 1.165) is 21.2 Å². The van der Waals surface area contributed by atoms with Crippen LogP contribution in [0.4, 0.5) is 0 Å². The molecule has 0 aliphatic carbocycles. The molecule has 0 N–H and O–H groups in total. The molecule has 0 bridgehead atoms. The van der Waals surface area contributed by atoms with Gasteiger partial charge in [-0.05, 0) is 40.8 Å². The summed E-state index contributed by atoms with van der Waals surface area (Å²) in [4.78, 5) is 32.8. The van der Waals surface area contributed by atoms with Gasteiger partial charge in [-0.3, -0.25) is 9.36 Å². The molecule has 34 heavy (non-hydrogen) atoms. The number of thiazole rings is 1. The number of nitrogens with zero attached hydrogens (tertiary/aromatic N) is 2. The number of ether oxygens (including phenoxy) is 2. The minimum Gasteiger partial charge on any atom is -0.460 e. The van der Waals surface area contributed by atoms with Crippen LogP contribution >= 0.6 is 22.7 Å². The fourth-order valence-corrected chi connectivity index (χ4v) is 5.97. The second kappa shape index (κ2) is 9.50. The number of rotatable bonds is 6. The summed E-state index contributed by atoms with van der Waals surface area (Å²) in [6.45, 7) is 2.22. The Kier molecular flexibility index (Phi) is 6.28. The number of carbonyl (C=O) groups excluding carboxylic acids is 1. The first-order chi connectivity index (χ1) is 16.6. The Labute approximate surface area is 203 Å². The topological polar surface area (TPSA) is 69.9 Å². The summed E-state index contributed by atoms with van der Waals surface area (Å²) in [5.74, 6) is -0.486. The first-order valence-electron chi connectivity index (χ1n) is 10.8. The number of hydrogen-bond acceptors (Lipinski definition) is 7. The molecule has 0 spiro atoms. The van der Waals surface area contributed by atoms with E-state index in [-0.39, 0.29) is 12.2 Å². The third kappa shape index (κ3) is 4.04. The fourth-order valence-electron chi connectivity index (χ4n) is 4.11. The van der Waals surface area contributed by atoms with Gasteiger partial charge in [0.2, 0.25) is 0 Å². The minimum absolute atomic E-state index is 0.134. The number of benzene rings is 2. The molecule has 1 aliphatic heterocycles. The van der Waals surface area contributed by atoms with Crippen LogP contribution in [0.5, 0.6) is 0 Å². The zero-order valence-electron chi connectivity index (χ0n) is 18.7. The molecule has 2 aromatic heterocycles. The molecular weight excluding hydrogens is 468 g/mol. The fraction of sp³-hybridized carbons (Fsp3) is 0.192. The number of methoxy groups -OCH3 is 1. The van der Waals surface area contributed by atoms with E-state index in [1.807, 2.05) is 53.9 Å². The smallest absolute Gasteiger partial charge is 0.338 e. The first kappa shape index (κ1) is 22.5. The summed E-state index contributed by atoms with van der Waals surface area (Å²) in [5, 5.41) is 4.12. The molecule has 4 aromatic rings. The second-order valence-electron chi connectivity index (χ2n) is 7.79. The average Bonchev–Trinajstić information content (AvgIpc) is 3.47. The molecule has 172 valence electrons. The van der Waals surface area contributed by atoms with Gasteiger partial charge in [-0.2, -0.15) is 0 Å². The number of aromatic nitrogens is 1. The van der Waals surface area contributed by atoms with Crippen molar-refractivity contribution in [3.8, 4) is 0 Å². The maximum Gasteiger partial charge on any atom is 0.338 e. The average molecular weight is 491 g/mol. The molecule has 0 radical (unpaired) electrons. The van der Waals surface area contributed by atoms with Crippen LogP contribution in [0, 0.1) is 0 Å². The van der Waals surface area contributed by atoms with E-state index in [4.69, 9.17) is 9.47 Å². The van der Waals surface area contributed by atoms with Crippen LogP contribution in [-0.2, 0) is 14.3 Å². The highest BCUT2D eigenvalue weighted by Crippen LogP contribution is 2.33. The number of fused-ring (bicyclic) bond motifs is 2. The highest BCUT2D eigenvalue weighted by atomic mass is 32.1. The molecule has 1 atom stereocenters. The van der Waals surface area contributed by atoms with Crippen molar-refractivity contribution in [2.75, 3.05) is 20.3 Å². The summed E-state index contributed by atoms with van der Waals surface area (Å²) in [6, 6.07) is 17.4. The van der Waals surface area contributed by atoms with Crippen LogP contribution in [0.1, 0.15) is 23.4 Å². The third-order valence-electron chi connectivity index (χ3n) is 5.68. The molecular formula is C26H22N2O4S2. The van der Waals surface area contributed by atoms with Crippen LogP contribution in [0.25, 0.3) is 16.8 Å². The van der Waals surface area contributed by atoms with Crippen LogP contribution in [0.2, 0.25) is 0 Å². The van der Waals surface area contributed by atoms with Crippen LogP contribution in [0.15, 0.2) is 81.0 Å². The molecule has 5 rings (SSSR count). The number of hydrogen-bond donors (Lipinski definition) is 0. The van der Waals surface area contributed by atoms with E-state index in [1.54, 1.807) is 18.6 Å². The molecule has 0 saturated heterocycles. The highest BCUT2D eigenvalue weighted by molar-refractivity contribution is 7.10. The van der Waals surface area contributed by atoms with Crippen LogP contribution in [-0.4, -0.2) is 30.9 Å². The van der Waals surface area contributed by atoms with E-state index in [0.29, 0.717) is 27.2 Å². The van der Waals surface area contributed by atoms with Crippen LogP contribution < -0.4 is 14.9 Å². The lowest BCUT2D eigenvalue weighted by molar-refractivity contribution is -0.140. The van der Waals surface area contributed by atoms with Crippen molar-refractivity contribution >= 4 is 45.5 Å². The molecule has 1 unspecified atom stereocenters. The van der Waals surface area contributed by atoms with Crippen molar-refractivity contribution in [2.45, 2.75) is 13.0 Å². The van der Waals surface area contributed by atoms with E-state index >= 15 is 0 Å². The van der Waals surface area contributed by atoms with Gasteiger partial charge in [0.25, 0.3) is 5.56 Å². The summed E-state index contributed by atoms with van der Waals surface area (Å²) in [7, 11) is 1.55. The molecule has 6 nitrogen and oxygen atoms in total. The minimum atomic E-state index is -0.582. The van der Waals surface area contributed by atoms with E-state index < -0.39 is 12.0 Å². The molecule has 0 fully saturated rings. The second-order valence-corrected chi connectivity index (χ2v) is 9.78. The molecule has 2 aromatic carbocycles. The quantitative estimate of drug-likeness (QED) is 0.306. The number of esters is 1. The van der Waals surface area contributed by atoms with Gasteiger partial charge >= 0.3 is 5.97 Å². The normalized spacial score (nSPS) is 15.9. The van der Waals surface area contributed by atoms with E-state index in [9.17, 15) is 9.59 Å². The predicted octanol–water partition coefficient (Wildman–Crippen LogP) is 3.64. The van der Waals surface area contributed by atoms with E-state index in [2.05, 4.69) is 17.1 Å². The lowest BCUT2D eigenvalue weighted by Gasteiger charge is -2.23. The SMILES string of the molecule is COCCOC(=O)C1=C(C)N=c2sc(=Cc3cccc4ccccc34)c(=O)n2C1c1cccs1. The van der Waals surface area contributed by atoms with Crippen molar-refractivity contribution in [3.63, 3.8) is 0 Å². The van der Waals surface area contributed by atoms with Crippen molar-refractivity contribution in [1.82, 2.24) is 4.57 Å². The van der Waals surface area contributed by atoms with Crippen molar-refractivity contribution in [3.05, 3.63) is 101 Å². The van der Waals surface area contributed by atoms with Gasteiger partial charge < -0.3 is 9.47 Å². The van der Waals surface area contributed by atoms with Crippen LogP contribution in [0.3, 0.4) is 0 Å². The van der Waals surface area contributed by atoms with Crippen molar-refractivity contribution in [2.24, 2.45) is 4.99 Å². The molecule has 3 heterocycles. The lowest BCUT2D eigenvalue weighted by atomic mass is 10.0. The molecule has 1 aliphatic rings. The van der Waals surface area contributed by atoms with Gasteiger partial charge in [-0.1, -0.05) is 59.9 Å². The lowest BCUT2D eigenvalue weighted by Crippen LogP contribution is -2.39. The number of thiophene rings is 1. The zero-order chi connectivity index (χ0) is 23.7. The monoisotopic (exact) mass is 490 g/mol. The molecule has 8 heteroatoms. The first-order valence-corrected chi connectivity index (χ1v) is 12.5. The third-order valence-corrected chi connectivity index (χ3v) is 7.59. The largest absolute Gasteiger partial charge is 0.460 e. The summed E-state index contributed by atoms with van der Waals surface area (Å²) >= 11 is 2.83. The maximum atomic E-state index is 13.7. The Morgan fingerprint density at radius 1 is 1.12 bits per heavy atom. The Balaban J connectivity index is 1.67. The van der Waals surface area contributed by atoms with Gasteiger partial charge in [0, 0.05) is 12.0 Å². The van der Waals surface area contributed by atoms with Gasteiger partial charge in [0.05, 0.1) is 22.4 Å². The standard InChI is InChI=1S/C26H22N2O4S2/c1-16-22(25(30)32-13-12-31-2)23(20-11-6-14-33-20)28-24(29)21(34-26(28)27-16)15-18-9-5-8-17-7-3-4-10-19(17)18/h3-11,14-15,23H,12-13H2,1-2H3. The number of allylic oxidation sites excluding steroid dienone is 1. The Morgan fingerprint density at radius 3 is 2.74 bits per heavy atom. The highest BCUT2D eigenvalue weighted by Gasteiger charge is 2.34. The summed E-state index contributed by atoms with van der Waals surface area (Å²) in [5.41, 5.74) is 1.72. The Morgan fingerprint density at radius 2 is 1.94 bits per heavy atom. The van der Waals surface area contributed by atoms with Crippen molar-refractivity contribution < 1.29 is 14.3 Å². The van der Waals surface area contributed by atoms with Gasteiger partial charge in [-0.25, -0.2) is 9.79 Å². The maximum absolute atomic E-state index is 13.7. The number of carbonyl (C=O) groups is 1. The van der Waals surface area contributed by atoms with Crippen molar-refractivity contribution in [1.29, 1.82) is 0 Å². The van der Waals surface area contributed by atoms with Gasteiger partial charge in [0.15, 0.2) is 4.80 Å². The summed E-state index contributed by atoms with van der Waals surface area (Å²) in [6.07, 6.45) is 1.91. The summed E-state index contributed by atoms with van der Waals surface area (Å²) < 4.78 is 12.6. The van der Waals surface area contributed by atoms with Gasteiger partial charge in [0.1, 0.15) is 12.6 Å². The van der Waals surface area contributed by atoms with Gasteiger partial charge in [-0.15, -0.1) is 11.3 Å². The van der Waals surface area contributed by atoms with E-state index in [1.165, 1.54) is 22.7 Å². The Hall–Kier alpha value is -3.33. The zero-order valence-corrected chi connectivity index (χ0v) is 20.3. The molecule has 0 saturated carbocycles.